The third-order valence-electron chi connectivity index (χ3n) is 4.09. The van der Waals surface area contributed by atoms with Gasteiger partial charge in [-0.15, -0.1) is 0 Å². The van der Waals surface area contributed by atoms with Gasteiger partial charge in [0, 0.05) is 5.41 Å². The molecule has 0 aliphatic heterocycles. The van der Waals surface area contributed by atoms with Crippen LogP contribution in [0.15, 0.2) is 54.6 Å². The van der Waals surface area contributed by atoms with Gasteiger partial charge in [0.05, 0.1) is 5.56 Å². The average molecular weight is 384 g/mol. The largest absolute Gasteiger partial charge is 0.454 e. The van der Waals surface area contributed by atoms with E-state index < -0.39 is 27.9 Å². The van der Waals surface area contributed by atoms with Gasteiger partial charge in [-0.25, -0.2) is 4.79 Å². The van der Waals surface area contributed by atoms with Crippen molar-refractivity contribution < 1.29 is 31.3 Å². The van der Waals surface area contributed by atoms with Gasteiger partial charge in [0.1, 0.15) is 0 Å². The molecule has 2 aromatic carbocycles. The van der Waals surface area contributed by atoms with Gasteiger partial charge >= 0.3 is 21.3 Å². The second kappa shape index (κ2) is 7.13. The lowest BCUT2D eigenvalue weighted by Crippen LogP contribution is -2.34. The summed E-state index contributed by atoms with van der Waals surface area (Å²) in [6.07, 6.45) is 0. The van der Waals surface area contributed by atoms with Crippen molar-refractivity contribution in [3.05, 3.63) is 71.3 Å². The van der Waals surface area contributed by atoms with Crippen LogP contribution in [0.3, 0.4) is 0 Å². The average Bonchev–Trinajstić information content (AvgIpc) is 2.59. The summed E-state index contributed by atoms with van der Waals surface area (Å²) in [4.78, 5) is 11.8. The quantitative estimate of drug-likeness (QED) is 0.607. The maximum absolute atomic E-state index is 13.1. The number of carbonyl (C=O) groups excluding carboxylic acids is 1. The highest BCUT2D eigenvalue weighted by Crippen LogP contribution is 2.31. The van der Waals surface area contributed by atoms with Crippen LogP contribution in [-0.4, -0.2) is 30.8 Å². The molecule has 5 nitrogen and oxygen atoms in total. The molecule has 0 atom stereocenters. The molecule has 1 N–H and O–H groups in total. The van der Waals surface area contributed by atoms with E-state index in [1.54, 1.807) is 12.1 Å². The van der Waals surface area contributed by atoms with Crippen LogP contribution in [0.2, 0.25) is 0 Å². The molecule has 0 heterocycles. The highest BCUT2D eigenvalue weighted by Gasteiger charge is 2.45. The van der Waals surface area contributed by atoms with Gasteiger partial charge in [0.2, 0.25) is 0 Å². The molecule has 8 heteroatoms. The van der Waals surface area contributed by atoms with Crippen molar-refractivity contribution in [1.82, 2.24) is 0 Å². The predicted molar refractivity (Wildman–Crippen MR) is 91.8 cm³/mol. The van der Waals surface area contributed by atoms with Crippen molar-refractivity contribution in [2.75, 3.05) is 6.61 Å². The summed E-state index contributed by atoms with van der Waals surface area (Å²) < 4.78 is 59.9. The van der Waals surface area contributed by atoms with E-state index in [0.29, 0.717) is 0 Å². The van der Waals surface area contributed by atoms with Crippen LogP contribution < -0.4 is 0 Å². The molecule has 140 valence electrons. The molecule has 2 aromatic rings. The van der Waals surface area contributed by atoms with E-state index in [4.69, 9.17) is 4.55 Å². The first-order valence-corrected chi connectivity index (χ1v) is 9.07. The van der Waals surface area contributed by atoms with E-state index in [0.717, 1.165) is 11.1 Å². The lowest BCUT2D eigenvalue weighted by Gasteiger charge is -2.26. The Labute approximate surface area is 150 Å². The monoisotopic (exact) mass is 384 g/mol. The van der Waals surface area contributed by atoms with Crippen molar-refractivity contribution in [1.29, 1.82) is 0 Å². The van der Waals surface area contributed by atoms with Crippen LogP contribution in [0.25, 0.3) is 0 Å². The Morgan fingerprint density at radius 1 is 1.00 bits per heavy atom. The normalized spacial score (nSPS) is 12.7. The second-order valence-corrected chi connectivity index (χ2v) is 7.80. The van der Waals surface area contributed by atoms with Crippen molar-refractivity contribution in [3.63, 3.8) is 0 Å². The fourth-order valence-electron chi connectivity index (χ4n) is 2.35. The van der Waals surface area contributed by atoms with Crippen molar-refractivity contribution in [2.45, 2.75) is 24.5 Å². The fraction of sp³-hybridized carbons (Fsp3) is 0.278. The minimum atomic E-state index is -5.65. The lowest BCUT2D eigenvalue weighted by atomic mass is 9.78. The summed E-state index contributed by atoms with van der Waals surface area (Å²) in [6, 6.07) is 15.8. The van der Waals surface area contributed by atoms with Crippen LogP contribution in [0.5, 0.6) is 0 Å². The number of esters is 1. The van der Waals surface area contributed by atoms with E-state index >= 15 is 0 Å². The zero-order valence-electron chi connectivity index (χ0n) is 14.1. The third-order valence-corrected chi connectivity index (χ3v) is 4.96. The molecule has 26 heavy (non-hydrogen) atoms. The molecule has 0 saturated carbocycles. The summed E-state index contributed by atoms with van der Waals surface area (Å²) in [5, 5.41) is -4.56. The zero-order valence-corrected chi connectivity index (χ0v) is 15.0. The highest BCUT2D eigenvalue weighted by molar-refractivity contribution is 7.86. The number of hydrogen-bond acceptors (Lipinski definition) is 4. The molecular weight excluding hydrogens is 366 g/mol. The number of carbonyl (C=O) groups is 1. The Hall–Kier alpha value is -2.32. The summed E-state index contributed by atoms with van der Waals surface area (Å²) in [5.41, 5.74) is 1.59. The molecule has 0 spiro atoms. The fourth-order valence-corrected chi connectivity index (χ4v) is 2.56. The standard InChI is InChI=1S/C18H18F2O5S/c1-17(2,14-6-4-3-5-7-14)15-10-8-13(9-11-15)16(21)25-12-18(19,20)26(22,23)24/h3-11H,12H2,1-2H3,(H,22,23,24). The summed E-state index contributed by atoms with van der Waals surface area (Å²) in [7, 11) is -5.65. The van der Waals surface area contributed by atoms with Gasteiger partial charge in [-0.3, -0.25) is 4.55 Å². The molecule has 0 aliphatic rings. The van der Waals surface area contributed by atoms with Crippen LogP contribution in [0, 0.1) is 0 Å². The van der Waals surface area contributed by atoms with E-state index in [-0.39, 0.29) is 11.0 Å². The van der Waals surface area contributed by atoms with E-state index in [9.17, 15) is 22.0 Å². The van der Waals surface area contributed by atoms with Gasteiger partial charge < -0.3 is 4.74 Å². The minimum absolute atomic E-state index is 0.0104. The number of alkyl halides is 2. The SMILES string of the molecule is CC(C)(c1ccccc1)c1ccc(C(=O)OCC(F)(F)S(=O)(=O)O)cc1. The van der Waals surface area contributed by atoms with Gasteiger partial charge in [-0.2, -0.15) is 17.2 Å². The van der Waals surface area contributed by atoms with Gasteiger partial charge in [0.15, 0.2) is 6.61 Å². The number of halogens is 2. The molecule has 2 rings (SSSR count). The molecule has 0 aliphatic carbocycles. The Balaban J connectivity index is 2.13. The Bertz CT molecular complexity index is 876. The first kappa shape index (κ1) is 20.0. The van der Waals surface area contributed by atoms with Gasteiger partial charge in [0.25, 0.3) is 0 Å². The van der Waals surface area contributed by atoms with Crippen molar-refractivity contribution >= 4 is 16.1 Å². The molecule has 0 saturated heterocycles. The maximum atomic E-state index is 13.1. The Morgan fingerprint density at radius 2 is 1.50 bits per heavy atom. The topological polar surface area (TPSA) is 80.7 Å². The Morgan fingerprint density at radius 3 is 2.00 bits per heavy atom. The second-order valence-electron chi connectivity index (χ2n) is 6.26. The van der Waals surface area contributed by atoms with Crippen LogP contribution in [0.1, 0.15) is 35.3 Å². The molecule has 0 fully saturated rings. The summed E-state index contributed by atoms with van der Waals surface area (Å²) in [6.45, 7) is 2.24. The van der Waals surface area contributed by atoms with Crippen LogP contribution in [0.4, 0.5) is 8.78 Å². The first-order chi connectivity index (χ1) is 11.9. The van der Waals surface area contributed by atoms with Crippen LogP contribution >= 0.6 is 0 Å². The molecule has 0 unspecified atom stereocenters. The molecular formula is C18H18F2O5S. The highest BCUT2D eigenvalue weighted by atomic mass is 32.2. The van der Waals surface area contributed by atoms with Gasteiger partial charge in [-0.1, -0.05) is 56.3 Å². The number of ether oxygens (including phenoxy) is 1. The minimum Gasteiger partial charge on any atom is -0.454 e. The first-order valence-electron chi connectivity index (χ1n) is 7.63. The van der Waals surface area contributed by atoms with E-state index in [1.807, 2.05) is 44.2 Å². The molecule has 0 aromatic heterocycles. The Kier molecular flexibility index (Phi) is 5.48. The zero-order chi connectivity index (χ0) is 19.6. The number of hydrogen-bond donors (Lipinski definition) is 1. The maximum Gasteiger partial charge on any atom is 0.402 e. The molecule has 0 bridgehead atoms. The smallest absolute Gasteiger partial charge is 0.402 e. The third kappa shape index (κ3) is 4.25. The number of benzene rings is 2. The van der Waals surface area contributed by atoms with E-state index in [2.05, 4.69) is 4.74 Å². The molecule has 0 radical (unpaired) electrons. The van der Waals surface area contributed by atoms with Gasteiger partial charge in [-0.05, 0) is 23.3 Å². The number of rotatable bonds is 6. The lowest BCUT2D eigenvalue weighted by molar-refractivity contribution is -0.00950. The summed E-state index contributed by atoms with van der Waals surface area (Å²) >= 11 is 0. The summed E-state index contributed by atoms with van der Waals surface area (Å²) in [5.74, 6) is -1.11. The predicted octanol–water partition coefficient (Wildman–Crippen LogP) is 3.65. The van der Waals surface area contributed by atoms with Crippen molar-refractivity contribution in [2.24, 2.45) is 0 Å². The van der Waals surface area contributed by atoms with Crippen LogP contribution in [-0.2, 0) is 20.3 Å². The molecule has 0 amide bonds. The van der Waals surface area contributed by atoms with E-state index in [1.165, 1.54) is 12.1 Å². The van der Waals surface area contributed by atoms with Crippen molar-refractivity contribution in [3.8, 4) is 0 Å².